The first-order valence-corrected chi connectivity index (χ1v) is 7.28. The quantitative estimate of drug-likeness (QED) is 0.830. The van der Waals surface area contributed by atoms with Crippen LogP contribution in [-0.4, -0.2) is 22.3 Å². The number of ether oxygens (including phenoxy) is 1. The Labute approximate surface area is 114 Å². The standard InChI is InChI=1S/C14H25N3O2/c1-11(2)13-16-12(17-19-13)9-18-10-14(15)7-5-3-4-6-8-14/h11H,3-10,15H2,1-2H3. The van der Waals surface area contributed by atoms with Crippen LogP contribution in [0.5, 0.6) is 0 Å². The van der Waals surface area contributed by atoms with Crippen LogP contribution in [0.1, 0.15) is 70.0 Å². The molecule has 0 bridgehead atoms. The molecule has 1 aromatic heterocycles. The van der Waals surface area contributed by atoms with Crippen molar-refractivity contribution in [2.24, 2.45) is 5.73 Å². The molecule has 5 nitrogen and oxygen atoms in total. The molecule has 0 radical (unpaired) electrons. The molecule has 1 saturated carbocycles. The van der Waals surface area contributed by atoms with Gasteiger partial charge in [-0.05, 0) is 12.8 Å². The first-order chi connectivity index (χ1) is 9.09. The fourth-order valence-corrected chi connectivity index (χ4v) is 2.48. The smallest absolute Gasteiger partial charge is 0.229 e. The van der Waals surface area contributed by atoms with Crippen LogP contribution in [0.15, 0.2) is 4.52 Å². The fourth-order valence-electron chi connectivity index (χ4n) is 2.48. The molecule has 1 heterocycles. The Kier molecular flexibility index (Phi) is 4.93. The Bertz CT molecular complexity index is 382. The number of aromatic nitrogens is 2. The van der Waals surface area contributed by atoms with Crippen molar-refractivity contribution >= 4 is 0 Å². The lowest BCUT2D eigenvalue weighted by molar-refractivity contribution is 0.0619. The summed E-state index contributed by atoms with van der Waals surface area (Å²) in [6, 6.07) is 0. The van der Waals surface area contributed by atoms with Crippen molar-refractivity contribution < 1.29 is 9.26 Å². The summed E-state index contributed by atoms with van der Waals surface area (Å²) in [7, 11) is 0. The molecule has 108 valence electrons. The molecule has 0 saturated heterocycles. The predicted molar refractivity (Wildman–Crippen MR) is 72.7 cm³/mol. The molecule has 2 N–H and O–H groups in total. The minimum Gasteiger partial charge on any atom is -0.371 e. The summed E-state index contributed by atoms with van der Waals surface area (Å²) in [5, 5.41) is 3.91. The van der Waals surface area contributed by atoms with Gasteiger partial charge >= 0.3 is 0 Å². The summed E-state index contributed by atoms with van der Waals surface area (Å²) >= 11 is 0. The van der Waals surface area contributed by atoms with E-state index in [4.69, 9.17) is 15.0 Å². The Morgan fingerprint density at radius 3 is 2.53 bits per heavy atom. The molecule has 0 amide bonds. The Hall–Kier alpha value is -0.940. The SMILES string of the molecule is CC(C)c1nc(COCC2(N)CCCCCC2)no1. The monoisotopic (exact) mass is 267 g/mol. The predicted octanol–water partition coefficient (Wildman–Crippen LogP) is 2.76. The largest absolute Gasteiger partial charge is 0.371 e. The number of nitrogens with zero attached hydrogens (tertiary/aromatic N) is 2. The molecule has 0 unspecified atom stereocenters. The van der Waals surface area contributed by atoms with E-state index in [1.165, 1.54) is 25.7 Å². The van der Waals surface area contributed by atoms with E-state index in [1.807, 2.05) is 13.8 Å². The lowest BCUT2D eigenvalue weighted by atomic mass is 9.93. The van der Waals surface area contributed by atoms with Crippen molar-refractivity contribution in [3.63, 3.8) is 0 Å². The molecule has 0 spiro atoms. The first kappa shape index (κ1) is 14.5. The number of hydrogen-bond acceptors (Lipinski definition) is 5. The third-order valence-corrected chi connectivity index (χ3v) is 3.70. The lowest BCUT2D eigenvalue weighted by Crippen LogP contribution is -2.43. The van der Waals surface area contributed by atoms with E-state index in [2.05, 4.69) is 10.1 Å². The van der Waals surface area contributed by atoms with Gasteiger partial charge < -0.3 is 15.0 Å². The molecular formula is C14H25N3O2. The number of hydrogen-bond donors (Lipinski definition) is 1. The highest BCUT2D eigenvalue weighted by molar-refractivity contribution is 4.90. The average Bonchev–Trinajstić information content (AvgIpc) is 2.73. The van der Waals surface area contributed by atoms with Gasteiger partial charge in [-0.25, -0.2) is 0 Å². The van der Waals surface area contributed by atoms with Crippen LogP contribution in [0, 0.1) is 0 Å². The van der Waals surface area contributed by atoms with Gasteiger partial charge in [0.15, 0.2) is 5.82 Å². The van der Waals surface area contributed by atoms with Crippen molar-refractivity contribution in [2.75, 3.05) is 6.61 Å². The average molecular weight is 267 g/mol. The minimum atomic E-state index is -0.166. The summed E-state index contributed by atoms with van der Waals surface area (Å²) in [4.78, 5) is 4.29. The fraction of sp³-hybridized carbons (Fsp3) is 0.857. The van der Waals surface area contributed by atoms with Gasteiger partial charge in [-0.1, -0.05) is 44.7 Å². The van der Waals surface area contributed by atoms with E-state index >= 15 is 0 Å². The van der Waals surface area contributed by atoms with Crippen LogP contribution in [0.4, 0.5) is 0 Å². The minimum absolute atomic E-state index is 0.166. The second kappa shape index (κ2) is 6.48. The van der Waals surface area contributed by atoms with E-state index in [0.717, 1.165) is 12.8 Å². The van der Waals surface area contributed by atoms with E-state index in [0.29, 0.717) is 24.9 Å². The van der Waals surface area contributed by atoms with Gasteiger partial charge in [0.05, 0.1) is 6.61 Å². The topological polar surface area (TPSA) is 74.2 Å². The van der Waals surface area contributed by atoms with Crippen LogP contribution < -0.4 is 5.73 Å². The summed E-state index contributed by atoms with van der Waals surface area (Å²) in [5.74, 6) is 1.53. The lowest BCUT2D eigenvalue weighted by Gasteiger charge is -2.27. The summed E-state index contributed by atoms with van der Waals surface area (Å²) in [6.45, 7) is 5.02. The highest BCUT2D eigenvalue weighted by atomic mass is 16.5. The highest BCUT2D eigenvalue weighted by Crippen LogP contribution is 2.25. The van der Waals surface area contributed by atoms with E-state index in [1.54, 1.807) is 0 Å². The van der Waals surface area contributed by atoms with Gasteiger partial charge in [-0.15, -0.1) is 0 Å². The van der Waals surface area contributed by atoms with E-state index < -0.39 is 0 Å². The van der Waals surface area contributed by atoms with E-state index in [-0.39, 0.29) is 11.5 Å². The Balaban J connectivity index is 1.78. The molecule has 1 fully saturated rings. The van der Waals surface area contributed by atoms with Gasteiger partial charge in [0.1, 0.15) is 6.61 Å². The van der Waals surface area contributed by atoms with Crippen LogP contribution >= 0.6 is 0 Å². The van der Waals surface area contributed by atoms with Gasteiger partial charge in [-0.2, -0.15) is 4.98 Å². The third kappa shape index (κ3) is 4.28. The van der Waals surface area contributed by atoms with Crippen LogP contribution in [0.3, 0.4) is 0 Å². The van der Waals surface area contributed by atoms with E-state index in [9.17, 15) is 0 Å². The number of rotatable bonds is 5. The van der Waals surface area contributed by atoms with Crippen molar-refractivity contribution in [2.45, 2.75) is 70.4 Å². The Morgan fingerprint density at radius 1 is 1.26 bits per heavy atom. The molecule has 1 aliphatic rings. The maximum atomic E-state index is 6.39. The highest BCUT2D eigenvalue weighted by Gasteiger charge is 2.26. The number of nitrogens with two attached hydrogens (primary N) is 1. The van der Waals surface area contributed by atoms with Crippen molar-refractivity contribution in [3.8, 4) is 0 Å². The first-order valence-electron chi connectivity index (χ1n) is 7.28. The zero-order chi connectivity index (χ0) is 13.7. The van der Waals surface area contributed by atoms with Gasteiger partial charge in [0.25, 0.3) is 0 Å². The van der Waals surface area contributed by atoms with Crippen LogP contribution in [0.25, 0.3) is 0 Å². The maximum absolute atomic E-state index is 6.39. The molecule has 0 atom stereocenters. The van der Waals surface area contributed by atoms with Crippen LogP contribution in [0.2, 0.25) is 0 Å². The molecule has 1 aromatic rings. The Morgan fingerprint density at radius 2 is 1.95 bits per heavy atom. The van der Waals surface area contributed by atoms with Gasteiger partial charge in [-0.3, -0.25) is 0 Å². The zero-order valence-electron chi connectivity index (χ0n) is 12.0. The van der Waals surface area contributed by atoms with Crippen LogP contribution in [-0.2, 0) is 11.3 Å². The van der Waals surface area contributed by atoms with Gasteiger partial charge in [0, 0.05) is 11.5 Å². The van der Waals surface area contributed by atoms with Crippen molar-refractivity contribution in [1.29, 1.82) is 0 Å². The molecule has 1 aliphatic carbocycles. The summed E-state index contributed by atoms with van der Waals surface area (Å²) < 4.78 is 10.8. The normalized spacial score (nSPS) is 19.6. The zero-order valence-corrected chi connectivity index (χ0v) is 12.0. The molecule has 19 heavy (non-hydrogen) atoms. The van der Waals surface area contributed by atoms with Gasteiger partial charge in [0.2, 0.25) is 5.89 Å². The summed E-state index contributed by atoms with van der Waals surface area (Å²) in [5.41, 5.74) is 6.22. The molecule has 0 aromatic carbocycles. The molecular weight excluding hydrogens is 242 g/mol. The summed E-state index contributed by atoms with van der Waals surface area (Å²) in [6.07, 6.45) is 7.11. The molecule has 2 rings (SSSR count). The third-order valence-electron chi connectivity index (χ3n) is 3.70. The second-order valence-corrected chi connectivity index (χ2v) is 5.97. The molecule has 5 heteroatoms. The second-order valence-electron chi connectivity index (χ2n) is 5.97. The van der Waals surface area contributed by atoms with Crippen molar-refractivity contribution in [1.82, 2.24) is 10.1 Å². The maximum Gasteiger partial charge on any atom is 0.229 e. The molecule has 0 aliphatic heterocycles. The van der Waals surface area contributed by atoms with Crippen molar-refractivity contribution in [3.05, 3.63) is 11.7 Å².